The average molecular weight is 202 g/mol. The third kappa shape index (κ3) is 9.32. The molecule has 0 unspecified atom stereocenters. The highest BCUT2D eigenvalue weighted by atomic mass is 16.6. The zero-order chi connectivity index (χ0) is 11.2. The third-order valence-electron chi connectivity index (χ3n) is 1.50. The molecule has 0 spiro atoms. The number of nitrogens with two attached hydrogens (primary N) is 1. The highest BCUT2D eigenvalue weighted by Gasteiger charge is 2.15. The number of hydrogen-bond donors (Lipinski definition) is 2. The maximum Gasteiger partial charge on any atom is 0.407 e. The third-order valence-corrected chi connectivity index (χ3v) is 1.50. The minimum absolute atomic E-state index is 0.190. The molecule has 14 heavy (non-hydrogen) atoms. The molecule has 84 valence electrons. The summed E-state index contributed by atoms with van der Waals surface area (Å²) in [6.45, 7) is 8.10. The largest absolute Gasteiger partial charge is 0.444 e. The highest BCUT2D eigenvalue weighted by molar-refractivity contribution is 5.67. The van der Waals surface area contributed by atoms with Crippen LogP contribution in [0.15, 0.2) is 0 Å². The minimum atomic E-state index is -0.425. The number of nitrogens with one attached hydrogen (secondary N) is 1. The van der Waals surface area contributed by atoms with Crippen LogP contribution in [-0.4, -0.2) is 24.3 Å². The number of carbonyl (C=O) groups is 1. The van der Waals surface area contributed by atoms with Gasteiger partial charge in [-0.15, -0.1) is 0 Å². The van der Waals surface area contributed by atoms with Crippen molar-refractivity contribution in [2.24, 2.45) is 5.73 Å². The summed E-state index contributed by atoms with van der Waals surface area (Å²) >= 11 is 0. The van der Waals surface area contributed by atoms with Crippen molar-refractivity contribution < 1.29 is 9.53 Å². The summed E-state index contributed by atoms with van der Waals surface area (Å²) in [5.41, 5.74) is 5.14. The molecule has 4 heteroatoms. The summed E-state index contributed by atoms with van der Waals surface area (Å²) in [6, 6.07) is 0.190. The molecule has 0 aliphatic carbocycles. The zero-order valence-corrected chi connectivity index (χ0v) is 9.59. The molecule has 0 aromatic heterocycles. The molecule has 1 atom stereocenters. The molecule has 0 saturated carbocycles. The summed E-state index contributed by atoms with van der Waals surface area (Å²) in [5.74, 6) is 0. The molecule has 0 aromatic rings. The SMILES string of the molecule is C[C@@H](N)CCCNC(=O)OC(C)(C)C. The quantitative estimate of drug-likeness (QED) is 0.681. The van der Waals surface area contributed by atoms with Crippen molar-refractivity contribution in [2.75, 3.05) is 6.54 Å². The molecule has 0 fully saturated rings. The molecule has 4 nitrogen and oxygen atoms in total. The van der Waals surface area contributed by atoms with E-state index in [1.165, 1.54) is 0 Å². The van der Waals surface area contributed by atoms with Crippen molar-refractivity contribution in [3.05, 3.63) is 0 Å². The van der Waals surface area contributed by atoms with Crippen molar-refractivity contribution in [3.8, 4) is 0 Å². The Morgan fingerprint density at radius 3 is 2.50 bits per heavy atom. The van der Waals surface area contributed by atoms with Crippen LogP contribution >= 0.6 is 0 Å². The first kappa shape index (κ1) is 13.2. The molecule has 3 N–H and O–H groups in total. The molecular formula is C10H22N2O2. The van der Waals surface area contributed by atoms with Crippen LogP contribution in [0.1, 0.15) is 40.5 Å². The van der Waals surface area contributed by atoms with Crippen molar-refractivity contribution in [1.82, 2.24) is 5.32 Å². The smallest absolute Gasteiger partial charge is 0.407 e. The first-order valence-corrected chi connectivity index (χ1v) is 5.03. The minimum Gasteiger partial charge on any atom is -0.444 e. The van der Waals surface area contributed by atoms with Crippen molar-refractivity contribution in [1.29, 1.82) is 0 Å². The molecule has 0 aromatic carbocycles. The maximum absolute atomic E-state index is 11.1. The average Bonchev–Trinajstić information content (AvgIpc) is 1.94. The van der Waals surface area contributed by atoms with Gasteiger partial charge in [0.1, 0.15) is 5.60 Å². The Kier molecular flexibility index (Phi) is 5.53. The molecule has 0 saturated heterocycles. The van der Waals surface area contributed by atoms with Gasteiger partial charge in [0, 0.05) is 12.6 Å². The summed E-state index contributed by atoms with van der Waals surface area (Å²) in [7, 11) is 0. The summed E-state index contributed by atoms with van der Waals surface area (Å²) < 4.78 is 5.06. The monoisotopic (exact) mass is 202 g/mol. The van der Waals surface area contributed by atoms with Crippen LogP contribution in [0.4, 0.5) is 4.79 Å². The lowest BCUT2D eigenvalue weighted by Gasteiger charge is -2.19. The predicted molar refractivity (Wildman–Crippen MR) is 57.1 cm³/mol. The van der Waals surface area contributed by atoms with E-state index in [9.17, 15) is 4.79 Å². The number of carbonyl (C=O) groups excluding carboxylic acids is 1. The van der Waals surface area contributed by atoms with E-state index in [1.54, 1.807) is 0 Å². The van der Waals surface area contributed by atoms with Crippen LogP contribution in [0.25, 0.3) is 0 Å². The van der Waals surface area contributed by atoms with Crippen LogP contribution in [0.2, 0.25) is 0 Å². The first-order chi connectivity index (χ1) is 6.31. The number of alkyl carbamates (subject to hydrolysis) is 1. The van der Waals surface area contributed by atoms with Crippen LogP contribution in [0.5, 0.6) is 0 Å². The Labute approximate surface area is 86.2 Å². The van der Waals surface area contributed by atoms with E-state index >= 15 is 0 Å². The topological polar surface area (TPSA) is 64.3 Å². The Balaban J connectivity index is 3.46. The molecule has 0 aliphatic heterocycles. The Hall–Kier alpha value is -0.770. The predicted octanol–water partition coefficient (Wildman–Crippen LogP) is 1.64. The van der Waals surface area contributed by atoms with Gasteiger partial charge in [-0.25, -0.2) is 4.79 Å². The van der Waals surface area contributed by atoms with Gasteiger partial charge < -0.3 is 15.8 Å². The van der Waals surface area contributed by atoms with E-state index in [0.717, 1.165) is 12.8 Å². The highest BCUT2D eigenvalue weighted by Crippen LogP contribution is 2.06. The van der Waals surface area contributed by atoms with Crippen LogP contribution in [0.3, 0.4) is 0 Å². The first-order valence-electron chi connectivity index (χ1n) is 5.03. The van der Waals surface area contributed by atoms with Crippen molar-refractivity contribution in [2.45, 2.75) is 52.2 Å². The van der Waals surface area contributed by atoms with E-state index in [-0.39, 0.29) is 12.1 Å². The van der Waals surface area contributed by atoms with Gasteiger partial charge in [0.25, 0.3) is 0 Å². The number of rotatable bonds is 4. The summed E-state index contributed by atoms with van der Waals surface area (Å²) in [4.78, 5) is 11.1. The van der Waals surface area contributed by atoms with Gasteiger partial charge >= 0.3 is 6.09 Å². The van der Waals surface area contributed by atoms with Gasteiger partial charge in [0.15, 0.2) is 0 Å². The summed E-state index contributed by atoms with van der Waals surface area (Å²) in [6.07, 6.45) is 1.44. The van der Waals surface area contributed by atoms with Crippen LogP contribution < -0.4 is 11.1 Å². The number of amides is 1. The maximum atomic E-state index is 11.1. The molecular weight excluding hydrogens is 180 g/mol. The zero-order valence-electron chi connectivity index (χ0n) is 9.59. The number of hydrogen-bond acceptors (Lipinski definition) is 3. The lowest BCUT2D eigenvalue weighted by atomic mass is 10.2. The Morgan fingerprint density at radius 2 is 2.07 bits per heavy atom. The molecule has 0 heterocycles. The van der Waals surface area contributed by atoms with Gasteiger partial charge in [0.2, 0.25) is 0 Å². The molecule has 0 aliphatic rings. The van der Waals surface area contributed by atoms with Gasteiger partial charge in [-0.2, -0.15) is 0 Å². The van der Waals surface area contributed by atoms with Gasteiger partial charge in [-0.3, -0.25) is 0 Å². The van der Waals surface area contributed by atoms with E-state index < -0.39 is 5.60 Å². The fourth-order valence-corrected chi connectivity index (χ4v) is 0.929. The molecule has 0 bridgehead atoms. The summed E-state index contributed by atoms with van der Waals surface area (Å²) in [5, 5.41) is 2.68. The normalized spacial score (nSPS) is 13.5. The fourth-order valence-electron chi connectivity index (χ4n) is 0.929. The molecule has 0 rings (SSSR count). The lowest BCUT2D eigenvalue weighted by Crippen LogP contribution is -2.33. The van der Waals surface area contributed by atoms with E-state index in [2.05, 4.69) is 5.32 Å². The van der Waals surface area contributed by atoms with Crippen LogP contribution in [0, 0.1) is 0 Å². The van der Waals surface area contributed by atoms with E-state index in [0.29, 0.717) is 6.54 Å². The van der Waals surface area contributed by atoms with Crippen molar-refractivity contribution >= 4 is 6.09 Å². The molecule has 1 amide bonds. The van der Waals surface area contributed by atoms with Crippen LogP contribution in [-0.2, 0) is 4.74 Å². The van der Waals surface area contributed by atoms with Gasteiger partial charge in [-0.05, 0) is 40.5 Å². The standard InChI is InChI=1S/C10H22N2O2/c1-8(11)6-5-7-12-9(13)14-10(2,3)4/h8H,5-7,11H2,1-4H3,(H,12,13)/t8-/m1/s1. The van der Waals surface area contributed by atoms with E-state index in [1.807, 2.05) is 27.7 Å². The van der Waals surface area contributed by atoms with E-state index in [4.69, 9.17) is 10.5 Å². The van der Waals surface area contributed by atoms with Gasteiger partial charge in [0.05, 0.1) is 0 Å². The Morgan fingerprint density at radius 1 is 1.50 bits per heavy atom. The molecule has 0 radical (unpaired) electrons. The van der Waals surface area contributed by atoms with Crippen molar-refractivity contribution in [3.63, 3.8) is 0 Å². The number of ether oxygens (including phenoxy) is 1. The second-order valence-electron chi connectivity index (χ2n) is 4.55. The second-order valence-corrected chi connectivity index (χ2v) is 4.55. The second kappa shape index (κ2) is 5.86. The Bertz CT molecular complexity index is 173. The lowest BCUT2D eigenvalue weighted by molar-refractivity contribution is 0.0527. The fraction of sp³-hybridized carbons (Fsp3) is 0.900. The van der Waals surface area contributed by atoms with Gasteiger partial charge in [-0.1, -0.05) is 0 Å².